The van der Waals surface area contributed by atoms with Gasteiger partial charge in [-0.05, 0) is 69.4 Å². The van der Waals surface area contributed by atoms with E-state index in [9.17, 15) is 31.8 Å². The van der Waals surface area contributed by atoms with Gasteiger partial charge in [0.1, 0.15) is 23.4 Å². The molecule has 1 saturated carbocycles. The van der Waals surface area contributed by atoms with E-state index in [0.717, 1.165) is 0 Å². The fourth-order valence-corrected chi connectivity index (χ4v) is 9.93. The summed E-state index contributed by atoms with van der Waals surface area (Å²) in [5, 5.41) is 23.8. The van der Waals surface area contributed by atoms with Crippen molar-refractivity contribution in [2.75, 3.05) is 39.5 Å². The predicted molar refractivity (Wildman–Crippen MR) is 171 cm³/mol. The Morgan fingerprint density at radius 1 is 1.07 bits per heavy atom. The summed E-state index contributed by atoms with van der Waals surface area (Å²) in [5.74, 6) is 0.316. The van der Waals surface area contributed by atoms with Crippen molar-refractivity contribution in [1.29, 1.82) is 0 Å². The molecule has 2 saturated heterocycles. The van der Waals surface area contributed by atoms with Crippen molar-refractivity contribution in [3.63, 3.8) is 0 Å². The minimum Gasteiger partial charge on any atom is -0.491 e. The number of sulfonamides is 1. The summed E-state index contributed by atoms with van der Waals surface area (Å²) in [5.41, 5.74) is -0.278. The van der Waals surface area contributed by atoms with Gasteiger partial charge in [-0.25, -0.2) is 16.8 Å². The van der Waals surface area contributed by atoms with Crippen LogP contribution < -0.4 is 15.5 Å². The Kier molecular flexibility index (Phi) is 9.08. The molecule has 250 valence electrons. The summed E-state index contributed by atoms with van der Waals surface area (Å²) < 4.78 is 67.0. The van der Waals surface area contributed by atoms with Crippen molar-refractivity contribution < 1.29 is 36.5 Å². The number of nitrogens with zero attached hydrogens (tertiary/aromatic N) is 2. The molecule has 1 aliphatic carbocycles. The van der Waals surface area contributed by atoms with Crippen LogP contribution in [0.1, 0.15) is 39.0 Å². The molecule has 6 rings (SSSR count). The highest BCUT2D eigenvalue weighted by Crippen LogP contribution is 2.46. The van der Waals surface area contributed by atoms with E-state index in [0.29, 0.717) is 61.9 Å². The summed E-state index contributed by atoms with van der Waals surface area (Å²) in [7, 11) is -7.69. The maximum absolute atomic E-state index is 13.6. The standard InChI is InChI=1S/C32H41N3O9S2/c1-2-34-19-29(30(38)27-8-3-4-9-28(27)34)46(41,42)35-14-12-31(13-15-35)17-23(20-44-31)33-18-24(37)21-43-25-6-5-7-26(16-25)45(39,40)32(22-36)10-11-32/h3-9,16,19,23-24,33,36-37H,2,10-15,17-18,20-22H2,1H3/t23-,24?/m1/s1. The molecule has 2 aliphatic heterocycles. The zero-order valence-corrected chi connectivity index (χ0v) is 27.4. The van der Waals surface area contributed by atoms with Gasteiger partial charge in [0.05, 0.1) is 34.0 Å². The molecule has 14 heteroatoms. The number of aliphatic hydroxyl groups excluding tert-OH is 2. The van der Waals surface area contributed by atoms with E-state index >= 15 is 0 Å². The number of benzene rings is 2. The third-order valence-electron chi connectivity index (χ3n) is 9.62. The van der Waals surface area contributed by atoms with Gasteiger partial charge < -0.3 is 29.6 Å². The molecule has 0 radical (unpaired) electrons. The molecular formula is C32H41N3O9S2. The maximum atomic E-state index is 13.6. The lowest BCUT2D eigenvalue weighted by molar-refractivity contribution is -0.0312. The average molecular weight is 676 g/mol. The maximum Gasteiger partial charge on any atom is 0.248 e. The first-order chi connectivity index (χ1) is 21.9. The molecule has 1 aromatic heterocycles. The largest absolute Gasteiger partial charge is 0.491 e. The highest BCUT2D eigenvalue weighted by atomic mass is 32.2. The Labute approximate surface area is 268 Å². The third-order valence-corrected chi connectivity index (χ3v) is 14.1. The molecule has 0 bridgehead atoms. The van der Waals surface area contributed by atoms with Crippen LogP contribution in [0.4, 0.5) is 0 Å². The number of aromatic nitrogens is 1. The summed E-state index contributed by atoms with van der Waals surface area (Å²) in [6, 6.07) is 13.1. The SMILES string of the molecule is CCn1cc(S(=O)(=O)N2CCC3(CC2)C[C@@H](NCC(O)COc2cccc(S(=O)(=O)C4(CO)CC4)c2)CO3)c(=O)c2ccccc21. The van der Waals surface area contributed by atoms with E-state index in [2.05, 4.69) is 5.32 Å². The first kappa shape index (κ1) is 33.1. The number of aryl methyl sites for hydroxylation is 1. The number of hydrogen-bond donors (Lipinski definition) is 3. The van der Waals surface area contributed by atoms with Crippen LogP contribution in [0.3, 0.4) is 0 Å². The number of nitrogens with one attached hydrogen (secondary N) is 1. The number of ether oxygens (including phenoxy) is 2. The van der Waals surface area contributed by atoms with Crippen LogP contribution in [-0.2, 0) is 31.1 Å². The van der Waals surface area contributed by atoms with Crippen LogP contribution in [0.15, 0.2) is 69.3 Å². The van der Waals surface area contributed by atoms with E-state index in [1.54, 1.807) is 28.8 Å². The van der Waals surface area contributed by atoms with E-state index in [-0.39, 0.29) is 42.1 Å². The van der Waals surface area contributed by atoms with Gasteiger partial charge in [-0.2, -0.15) is 4.31 Å². The summed E-state index contributed by atoms with van der Waals surface area (Å²) >= 11 is 0. The minimum absolute atomic E-state index is 0.0447. The molecule has 3 N–H and O–H groups in total. The Morgan fingerprint density at radius 3 is 2.50 bits per heavy atom. The molecule has 3 fully saturated rings. The fraction of sp³-hybridized carbons (Fsp3) is 0.531. The first-order valence-corrected chi connectivity index (χ1v) is 18.6. The van der Waals surface area contributed by atoms with Crippen molar-refractivity contribution >= 4 is 30.8 Å². The molecule has 0 amide bonds. The summed E-state index contributed by atoms with van der Waals surface area (Å²) in [6.07, 6.45) is 3.06. The number of fused-ring (bicyclic) bond motifs is 1. The van der Waals surface area contributed by atoms with Gasteiger partial charge in [-0.1, -0.05) is 18.2 Å². The first-order valence-electron chi connectivity index (χ1n) is 15.7. The monoisotopic (exact) mass is 675 g/mol. The predicted octanol–water partition coefficient (Wildman–Crippen LogP) is 1.66. The average Bonchev–Trinajstić information content (AvgIpc) is 3.79. The normalized spacial score (nSPS) is 21.8. The van der Waals surface area contributed by atoms with E-state index in [4.69, 9.17) is 9.47 Å². The zero-order chi connectivity index (χ0) is 32.7. The van der Waals surface area contributed by atoms with Crippen molar-refractivity contribution in [1.82, 2.24) is 14.2 Å². The Balaban J connectivity index is 1.00. The Bertz CT molecular complexity index is 1860. The van der Waals surface area contributed by atoms with Gasteiger partial charge >= 0.3 is 0 Å². The number of pyridine rings is 1. The molecule has 46 heavy (non-hydrogen) atoms. The number of aliphatic hydroxyl groups is 2. The van der Waals surface area contributed by atoms with E-state index in [1.165, 1.54) is 22.6 Å². The molecule has 2 aromatic carbocycles. The van der Waals surface area contributed by atoms with E-state index in [1.807, 2.05) is 19.1 Å². The van der Waals surface area contributed by atoms with Gasteiger partial charge in [0.2, 0.25) is 15.5 Å². The van der Waals surface area contributed by atoms with Gasteiger partial charge in [0.15, 0.2) is 9.84 Å². The van der Waals surface area contributed by atoms with Crippen LogP contribution in [0.25, 0.3) is 10.9 Å². The van der Waals surface area contributed by atoms with Crippen LogP contribution >= 0.6 is 0 Å². The summed E-state index contributed by atoms with van der Waals surface area (Å²) in [6.45, 7) is 3.07. The lowest BCUT2D eigenvalue weighted by Gasteiger charge is -2.38. The highest BCUT2D eigenvalue weighted by molar-refractivity contribution is 7.93. The number of piperidine rings is 1. The molecule has 3 aliphatic rings. The van der Waals surface area contributed by atoms with Crippen molar-refractivity contribution in [3.8, 4) is 5.75 Å². The molecule has 3 heterocycles. The van der Waals surface area contributed by atoms with Crippen LogP contribution in [-0.4, -0.2) is 97.9 Å². The number of rotatable bonds is 12. The fourth-order valence-electron chi connectivity index (χ4n) is 6.55. The molecule has 1 unspecified atom stereocenters. The number of sulfone groups is 1. The van der Waals surface area contributed by atoms with Crippen LogP contribution in [0, 0.1) is 0 Å². The van der Waals surface area contributed by atoms with Crippen LogP contribution in [0.2, 0.25) is 0 Å². The lowest BCUT2D eigenvalue weighted by Crippen LogP contribution is -2.47. The smallest absolute Gasteiger partial charge is 0.248 e. The van der Waals surface area contributed by atoms with Gasteiger partial charge in [0.25, 0.3) is 0 Å². The topological polar surface area (TPSA) is 164 Å². The molecular weight excluding hydrogens is 634 g/mol. The lowest BCUT2D eigenvalue weighted by atomic mass is 9.88. The zero-order valence-electron chi connectivity index (χ0n) is 25.8. The molecule has 3 aromatic rings. The minimum atomic E-state index is -4.01. The van der Waals surface area contributed by atoms with Crippen molar-refractivity contribution in [2.24, 2.45) is 0 Å². The second kappa shape index (κ2) is 12.6. The quantitative estimate of drug-likeness (QED) is 0.257. The highest BCUT2D eigenvalue weighted by Gasteiger charge is 2.54. The molecule has 2 atom stereocenters. The Morgan fingerprint density at radius 2 is 1.80 bits per heavy atom. The second-order valence-corrected chi connectivity index (χ2v) is 16.9. The van der Waals surface area contributed by atoms with Crippen molar-refractivity contribution in [2.45, 2.75) is 77.9 Å². The van der Waals surface area contributed by atoms with Gasteiger partial charge in [-0.3, -0.25) is 4.79 Å². The number of para-hydroxylation sites is 1. The second-order valence-electron chi connectivity index (χ2n) is 12.6. The molecule has 1 spiro atoms. The van der Waals surface area contributed by atoms with Crippen molar-refractivity contribution in [3.05, 3.63) is 65.0 Å². The molecule has 12 nitrogen and oxygen atoms in total. The number of hydrogen-bond acceptors (Lipinski definition) is 10. The third kappa shape index (κ3) is 6.12. The van der Waals surface area contributed by atoms with E-state index < -0.39 is 48.3 Å². The van der Waals surface area contributed by atoms with Gasteiger partial charge in [-0.15, -0.1) is 0 Å². The van der Waals surface area contributed by atoms with Gasteiger partial charge in [0, 0.05) is 43.8 Å². The summed E-state index contributed by atoms with van der Waals surface area (Å²) in [4.78, 5) is 13.1. The Hall–Kier alpha value is -2.85. The van der Waals surface area contributed by atoms with Crippen LogP contribution in [0.5, 0.6) is 5.75 Å².